The van der Waals surface area contributed by atoms with Gasteiger partial charge in [0.25, 0.3) is 10.0 Å². The molecule has 0 aliphatic rings. The van der Waals surface area contributed by atoms with Gasteiger partial charge in [0.15, 0.2) is 0 Å². The van der Waals surface area contributed by atoms with Crippen LogP contribution in [0.3, 0.4) is 0 Å². The van der Waals surface area contributed by atoms with Crippen LogP contribution in [-0.4, -0.2) is 23.4 Å². The zero-order valence-electron chi connectivity index (χ0n) is 19.1. The highest BCUT2D eigenvalue weighted by molar-refractivity contribution is 7.92. The Morgan fingerprint density at radius 2 is 1.66 bits per heavy atom. The number of nitrogens with zero attached hydrogens (tertiary/aromatic N) is 3. The lowest BCUT2D eigenvalue weighted by Crippen LogP contribution is -2.13. The Morgan fingerprint density at radius 3 is 2.34 bits per heavy atom. The van der Waals surface area contributed by atoms with Gasteiger partial charge in [-0.1, -0.05) is 44.2 Å². The van der Waals surface area contributed by atoms with E-state index in [0.717, 1.165) is 21.3 Å². The summed E-state index contributed by atoms with van der Waals surface area (Å²) in [5.74, 6) is 1.40. The lowest BCUT2D eigenvalue weighted by Gasteiger charge is -2.11. The fourth-order valence-electron chi connectivity index (χ4n) is 3.70. The average Bonchev–Trinajstić information content (AvgIpc) is 3.30. The summed E-state index contributed by atoms with van der Waals surface area (Å²) in [6.45, 7) is 4.35. The summed E-state index contributed by atoms with van der Waals surface area (Å²) in [5, 5.41) is 6.35. The van der Waals surface area contributed by atoms with Gasteiger partial charge in [0.05, 0.1) is 10.3 Å². The van der Waals surface area contributed by atoms with Crippen molar-refractivity contribution in [1.82, 2.24) is 15.0 Å². The van der Waals surface area contributed by atoms with E-state index in [2.05, 4.69) is 68.5 Å². The summed E-state index contributed by atoms with van der Waals surface area (Å²) in [5.41, 5.74) is 4.16. The van der Waals surface area contributed by atoms with Crippen LogP contribution in [0.25, 0.3) is 21.3 Å². The summed E-state index contributed by atoms with van der Waals surface area (Å²) < 4.78 is 27.9. The molecule has 0 radical (unpaired) electrons. The van der Waals surface area contributed by atoms with Gasteiger partial charge in [-0.05, 0) is 53.4 Å². The summed E-state index contributed by atoms with van der Waals surface area (Å²) in [7, 11) is -3.75. The van der Waals surface area contributed by atoms with Crippen LogP contribution in [0.1, 0.15) is 25.3 Å². The van der Waals surface area contributed by atoms with Crippen molar-refractivity contribution in [2.24, 2.45) is 0 Å². The summed E-state index contributed by atoms with van der Waals surface area (Å²) in [4.78, 5) is 14.0. The first-order valence-electron chi connectivity index (χ1n) is 11.0. The summed E-state index contributed by atoms with van der Waals surface area (Å²) in [6, 6.07) is 20.1. The number of aromatic nitrogens is 3. The quantitative estimate of drug-likeness (QED) is 0.267. The fourth-order valence-corrected chi connectivity index (χ4v) is 5.63. The van der Waals surface area contributed by atoms with Crippen LogP contribution in [-0.2, 0) is 10.0 Å². The van der Waals surface area contributed by atoms with Crippen molar-refractivity contribution in [1.29, 1.82) is 0 Å². The Kier molecular flexibility index (Phi) is 6.19. The highest BCUT2D eigenvalue weighted by Crippen LogP contribution is 2.38. The molecule has 5 aromatic rings. The largest absolute Gasteiger partial charge is 0.340 e. The van der Waals surface area contributed by atoms with E-state index in [1.807, 2.05) is 0 Å². The number of pyridine rings is 1. The molecule has 35 heavy (non-hydrogen) atoms. The Morgan fingerprint density at radius 1 is 0.886 bits per heavy atom. The fraction of sp³-hybridized carbons (Fsp3) is 0.115. The standard InChI is InChI=1S/C26H23N5O2S2/c1-17(2)18-6-8-19(9-7-18)22-15-34-26-24(22)25(28-16-29-26)30-20-10-12-21(13-11-20)35(32,33)31-23-5-3-4-14-27-23/h3-17H,1-2H3,(H,27,31)(H,28,29,30). The molecule has 2 aromatic carbocycles. The predicted octanol–water partition coefficient (Wildman–Crippen LogP) is 6.42. The molecule has 3 aromatic heterocycles. The van der Waals surface area contributed by atoms with E-state index in [0.29, 0.717) is 17.4 Å². The number of benzene rings is 2. The molecule has 5 rings (SSSR count). The molecule has 0 aliphatic heterocycles. The number of hydrogen-bond donors (Lipinski definition) is 2. The topological polar surface area (TPSA) is 96.9 Å². The highest BCUT2D eigenvalue weighted by Gasteiger charge is 2.16. The molecular weight excluding hydrogens is 478 g/mol. The van der Waals surface area contributed by atoms with E-state index < -0.39 is 10.0 Å². The SMILES string of the molecule is CC(C)c1ccc(-c2csc3ncnc(Nc4ccc(S(=O)(=O)Nc5ccccn5)cc4)c23)cc1. The van der Waals surface area contributed by atoms with Crippen molar-refractivity contribution in [2.45, 2.75) is 24.7 Å². The van der Waals surface area contributed by atoms with Crippen molar-refractivity contribution >= 4 is 48.9 Å². The number of hydrogen-bond acceptors (Lipinski definition) is 7. The Labute approximate surface area is 208 Å². The molecule has 7 nitrogen and oxygen atoms in total. The van der Waals surface area contributed by atoms with E-state index in [1.165, 1.54) is 18.1 Å². The maximum Gasteiger partial charge on any atom is 0.263 e. The second kappa shape index (κ2) is 9.44. The molecule has 2 N–H and O–H groups in total. The number of sulfonamides is 1. The molecule has 0 bridgehead atoms. The van der Waals surface area contributed by atoms with E-state index in [-0.39, 0.29) is 10.7 Å². The third-order valence-corrected chi connectivity index (χ3v) is 7.85. The number of rotatable bonds is 7. The monoisotopic (exact) mass is 501 g/mol. The Hall–Kier alpha value is -3.82. The van der Waals surface area contributed by atoms with Gasteiger partial charge in [-0.25, -0.2) is 23.4 Å². The number of anilines is 3. The number of fused-ring (bicyclic) bond motifs is 1. The third kappa shape index (κ3) is 4.87. The molecule has 0 fully saturated rings. The Bertz CT molecular complexity index is 1560. The van der Waals surface area contributed by atoms with Crippen LogP contribution in [0.15, 0.2) is 89.5 Å². The van der Waals surface area contributed by atoms with Crippen LogP contribution in [0.4, 0.5) is 17.3 Å². The van der Waals surface area contributed by atoms with Crippen LogP contribution in [0.5, 0.6) is 0 Å². The maximum absolute atomic E-state index is 12.7. The molecule has 176 valence electrons. The van der Waals surface area contributed by atoms with Crippen molar-refractivity contribution in [2.75, 3.05) is 10.0 Å². The number of nitrogens with one attached hydrogen (secondary N) is 2. The van der Waals surface area contributed by atoms with Crippen LogP contribution in [0.2, 0.25) is 0 Å². The lowest BCUT2D eigenvalue weighted by molar-refractivity contribution is 0.601. The smallest absolute Gasteiger partial charge is 0.263 e. The minimum atomic E-state index is -3.75. The molecule has 0 spiro atoms. The van der Waals surface area contributed by atoms with Gasteiger partial charge in [0.1, 0.15) is 22.8 Å². The first-order chi connectivity index (χ1) is 16.9. The van der Waals surface area contributed by atoms with Crippen molar-refractivity contribution in [3.05, 3.63) is 90.2 Å². The van der Waals surface area contributed by atoms with E-state index in [1.54, 1.807) is 53.8 Å². The van der Waals surface area contributed by atoms with Crippen molar-refractivity contribution in [3.8, 4) is 11.1 Å². The van der Waals surface area contributed by atoms with E-state index >= 15 is 0 Å². The minimum absolute atomic E-state index is 0.142. The number of thiophene rings is 1. The summed E-state index contributed by atoms with van der Waals surface area (Å²) >= 11 is 1.57. The van der Waals surface area contributed by atoms with Gasteiger partial charge in [-0.15, -0.1) is 11.3 Å². The molecule has 0 aliphatic carbocycles. The molecule has 9 heteroatoms. The normalized spacial score (nSPS) is 11.6. The van der Waals surface area contributed by atoms with Gasteiger partial charge in [0.2, 0.25) is 0 Å². The molecule has 3 heterocycles. The van der Waals surface area contributed by atoms with Gasteiger partial charge in [-0.3, -0.25) is 4.72 Å². The first kappa shape index (κ1) is 22.9. The van der Waals surface area contributed by atoms with Gasteiger partial charge >= 0.3 is 0 Å². The second-order valence-corrected chi connectivity index (χ2v) is 10.8. The van der Waals surface area contributed by atoms with Crippen LogP contribution >= 0.6 is 11.3 Å². The van der Waals surface area contributed by atoms with Gasteiger partial charge < -0.3 is 5.32 Å². The molecule has 0 atom stereocenters. The maximum atomic E-state index is 12.7. The lowest BCUT2D eigenvalue weighted by atomic mass is 9.99. The van der Waals surface area contributed by atoms with Crippen molar-refractivity contribution in [3.63, 3.8) is 0 Å². The second-order valence-electron chi connectivity index (χ2n) is 8.30. The van der Waals surface area contributed by atoms with Gasteiger partial charge in [0, 0.05) is 22.8 Å². The first-order valence-corrected chi connectivity index (χ1v) is 13.4. The Balaban J connectivity index is 1.42. The zero-order valence-corrected chi connectivity index (χ0v) is 20.8. The summed E-state index contributed by atoms with van der Waals surface area (Å²) in [6.07, 6.45) is 3.06. The minimum Gasteiger partial charge on any atom is -0.340 e. The molecule has 0 unspecified atom stereocenters. The molecule has 0 saturated heterocycles. The van der Waals surface area contributed by atoms with Crippen molar-refractivity contribution < 1.29 is 8.42 Å². The predicted molar refractivity (Wildman–Crippen MR) is 142 cm³/mol. The van der Waals surface area contributed by atoms with Crippen LogP contribution in [0, 0.1) is 0 Å². The zero-order chi connectivity index (χ0) is 24.4. The van der Waals surface area contributed by atoms with Gasteiger partial charge in [-0.2, -0.15) is 0 Å². The molecule has 0 saturated carbocycles. The molecular formula is C26H23N5O2S2. The van der Waals surface area contributed by atoms with E-state index in [9.17, 15) is 8.42 Å². The highest BCUT2D eigenvalue weighted by atomic mass is 32.2. The third-order valence-electron chi connectivity index (χ3n) is 5.59. The van der Waals surface area contributed by atoms with E-state index in [4.69, 9.17) is 0 Å². The van der Waals surface area contributed by atoms with Crippen LogP contribution < -0.4 is 10.0 Å². The average molecular weight is 502 g/mol. The molecule has 0 amide bonds.